The maximum absolute atomic E-state index is 14.2. The van der Waals surface area contributed by atoms with E-state index in [4.69, 9.17) is 4.98 Å². The van der Waals surface area contributed by atoms with Gasteiger partial charge in [-0.2, -0.15) is 0 Å². The van der Waals surface area contributed by atoms with Gasteiger partial charge in [-0.05, 0) is 43.5 Å². The molecule has 3 aliphatic rings. The third-order valence-electron chi connectivity index (χ3n) is 7.60. The minimum atomic E-state index is -1.61. The van der Waals surface area contributed by atoms with Crippen LogP contribution in [0.3, 0.4) is 0 Å². The predicted molar refractivity (Wildman–Crippen MR) is 129 cm³/mol. The van der Waals surface area contributed by atoms with E-state index in [0.717, 1.165) is 29.7 Å². The second kappa shape index (κ2) is 7.76. The van der Waals surface area contributed by atoms with Crippen molar-refractivity contribution < 1.29 is 14.4 Å². The first-order valence-corrected chi connectivity index (χ1v) is 12.0. The minimum absolute atomic E-state index is 0.104. The maximum Gasteiger partial charge on any atom is 0.335 e. The Morgan fingerprint density at radius 1 is 1.00 bits per heavy atom. The molecule has 9 heteroatoms. The molecule has 0 aliphatic carbocycles. The van der Waals surface area contributed by atoms with Crippen LogP contribution in [0.25, 0.3) is 5.65 Å². The van der Waals surface area contributed by atoms with Gasteiger partial charge >= 0.3 is 6.03 Å². The molecule has 3 aromatic rings. The Kier molecular flexibility index (Phi) is 4.77. The summed E-state index contributed by atoms with van der Waals surface area (Å²) in [6.45, 7) is 2.48. The van der Waals surface area contributed by atoms with Crippen LogP contribution in [0.5, 0.6) is 0 Å². The third kappa shape index (κ3) is 2.97. The fourth-order valence-corrected chi connectivity index (χ4v) is 5.90. The van der Waals surface area contributed by atoms with Crippen LogP contribution in [0.4, 0.5) is 16.3 Å². The summed E-state index contributed by atoms with van der Waals surface area (Å²) in [6.07, 6.45) is 4.78. The molecule has 1 spiro atoms. The number of nitrogens with zero attached hydrogens (tertiary/aromatic N) is 4. The Morgan fingerprint density at radius 3 is 2.60 bits per heavy atom. The topological polar surface area (TPSA) is 104 Å². The number of rotatable bonds is 1. The molecule has 1 N–H and O–H groups in total. The molecule has 35 heavy (non-hydrogen) atoms. The molecule has 6 rings (SSSR count). The molecular formula is C26H25N5O4. The lowest BCUT2D eigenvalue weighted by atomic mass is 9.68. The van der Waals surface area contributed by atoms with Gasteiger partial charge in [0.05, 0.1) is 17.3 Å². The Hall–Kier alpha value is -4.01. The van der Waals surface area contributed by atoms with Gasteiger partial charge in [0.25, 0.3) is 11.5 Å². The number of fused-ring (bicyclic) bond motifs is 5. The molecular weight excluding hydrogens is 446 g/mol. The van der Waals surface area contributed by atoms with Crippen molar-refractivity contribution in [2.24, 2.45) is 5.41 Å². The summed E-state index contributed by atoms with van der Waals surface area (Å²) in [5.74, 6) is -0.685. The zero-order chi connectivity index (χ0) is 24.3. The molecule has 0 bridgehead atoms. The first-order chi connectivity index (χ1) is 16.9. The van der Waals surface area contributed by atoms with Crippen molar-refractivity contribution in [3.05, 3.63) is 70.1 Å². The van der Waals surface area contributed by atoms with Gasteiger partial charge in [-0.3, -0.25) is 24.1 Å². The standard InChI is InChI=1S/C26H25N5O4/c1-16-9-8-14-30-20(16)27-21-18(22(30)32)15-26(19-12-6-3-7-13-29(19)21)23(33)28-25(35)31(24(26)34)17-10-4-2-5-11-17/h2,4-5,8-11,14,19H,3,6-7,12-13,15H2,1H3,(H,28,33,35)/t19-,26+/m0/s1. The van der Waals surface area contributed by atoms with E-state index < -0.39 is 29.3 Å². The molecule has 4 amide bonds. The molecule has 2 fully saturated rings. The van der Waals surface area contributed by atoms with Gasteiger partial charge in [0.1, 0.15) is 11.5 Å². The zero-order valence-corrected chi connectivity index (χ0v) is 19.4. The van der Waals surface area contributed by atoms with Crippen LogP contribution in [0.2, 0.25) is 0 Å². The number of imide groups is 2. The summed E-state index contributed by atoms with van der Waals surface area (Å²) < 4.78 is 1.48. The average Bonchev–Trinajstić information content (AvgIpc) is 3.11. The zero-order valence-electron chi connectivity index (χ0n) is 19.4. The average molecular weight is 472 g/mol. The van der Waals surface area contributed by atoms with Gasteiger partial charge in [0.15, 0.2) is 5.41 Å². The van der Waals surface area contributed by atoms with Crippen molar-refractivity contribution in [2.45, 2.75) is 45.1 Å². The highest BCUT2D eigenvalue weighted by atomic mass is 16.2. The van der Waals surface area contributed by atoms with Crippen LogP contribution in [0.15, 0.2) is 53.5 Å². The highest BCUT2D eigenvalue weighted by molar-refractivity contribution is 6.30. The molecule has 0 unspecified atom stereocenters. The summed E-state index contributed by atoms with van der Waals surface area (Å²) in [7, 11) is 0. The number of carbonyl (C=O) groups excluding carboxylic acids is 3. The Bertz CT molecular complexity index is 1450. The number of carbonyl (C=O) groups is 3. The Balaban J connectivity index is 1.60. The summed E-state index contributed by atoms with van der Waals surface area (Å²) in [6, 6.07) is 11.0. The largest absolute Gasteiger partial charge is 0.352 e. The lowest BCUT2D eigenvalue weighted by Gasteiger charge is -2.50. The monoisotopic (exact) mass is 471 g/mol. The van der Waals surface area contributed by atoms with E-state index in [1.807, 2.05) is 17.9 Å². The Morgan fingerprint density at radius 2 is 1.80 bits per heavy atom. The van der Waals surface area contributed by atoms with Crippen molar-refractivity contribution in [3.63, 3.8) is 0 Å². The second-order valence-corrected chi connectivity index (χ2v) is 9.55. The number of hydrogen-bond donors (Lipinski definition) is 1. The molecule has 5 heterocycles. The summed E-state index contributed by atoms with van der Waals surface area (Å²) >= 11 is 0. The van der Waals surface area contributed by atoms with E-state index >= 15 is 0 Å². The van der Waals surface area contributed by atoms with E-state index in [2.05, 4.69) is 5.32 Å². The fraction of sp³-hybridized carbons (Fsp3) is 0.346. The van der Waals surface area contributed by atoms with E-state index in [-0.39, 0.29) is 12.0 Å². The quantitative estimate of drug-likeness (QED) is 0.547. The van der Waals surface area contributed by atoms with Gasteiger partial charge < -0.3 is 4.90 Å². The van der Waals surface area contributed by atoms with Crippen molar-refractivity contribution in [2.75, 3.05) is 16.3 Å². The summed E-state index contributed by atoms with van der Waals surface area (Å²) in [4.78, 5) is 62.4. The first-order valence-electron chi connectivity index (χ1n) is 12.0. The van der Waals surface area contributed by atoms with Crippen molar-refractivity contribution in [3.8, 4) is 0 Å². The van der Waals surface area contributed by atoms with Crippen LogP contribution in [0.1, 0.15) is 36.8 Å². The van der Waals surface area contributed by atoms with Crippen LogP contribution >= 0.6 is 0 Å². The molecule has 0 saturated carbocycles. The third-order valence-corrected chi connectivity index (χ3v) is 7.60. The molecule has 1 aromatic carbocycles. The first kappa shape index (κ1) is 21.5. The molecule has 2 atom stereocenters. The highest BCUT2D eigenvalue weighted by Gasteiger charge is 2.63. The number of anilines is 2. The van der Waals surface area contributed by atoms with E-state index in [1.165, 1.54) is 4.40 Å². The number of amides is 4. The number of aromatic nitrogens is 2. The summed E-state index contributed by atoms with van der Waals surface area (Å²) in [5, 5.41) is 2.44. The van der Waals surface area contributed by atoms with Crippen LogP contribution in [0, 0.1) is 12.3 Å². The van der Waals surface area contributed by atoms with Crippen LogP contribution in [-0.2, 0) is 16.0 Å². The van der Waals surface area contributed by atoms with Crippen LogP contribution in [-0.4, -0.2) is 39.8 Å². The van der Waals surface area contributed by atoms with Crippen molar-refractivity contribution in [1.29, 1.82) is 0 Å². The fourth-order valence-electron chi connectivity index (χ4n) is 5.90. The number of aryl methyl sites for hydroxylation is 1. The lowest BCUT2D eigenvalue weighted by Crippen LogP contribution is -2.72. The number of pyridine rings is 1. The van der Waals surface area contributed by atoms with Crippen LogP contribution < -0.4 is 20.7 Å². The number of nitrogens with one attached hydrogen (secondary N) is 1. The number of benzene rings is 1. The van der Waals surface area contributed by atoms with Crippen molar-refractivity contribution >= 4 is 35.0 Å². The van der Waals surface area contributed by atoms with Gasteiger partial charge in [0, 0.05) is 19.2 Å². The van der Waals surface area contributed by atoms with E-state index in [0.29, 0.717) is 35.7 Å². The second-order valence-electron chi connectivity index (χ2n) is 9.55. The van der Waals surface area contributed by atoms with Crippen molar-refractivity contribution in [1.82, 2.24) is 14.7 Å². The lowest BCUT2D eigenvalue weighted by molar-refractivity contribution is -0.144. The van der Waals surface area contributed by atoms with E-state index in [1.54, 1.807) is 42.6 Å². The predicted octanol–water partition coefficient (Wildman–Crippen LogP) is 2.58. The minimum Gasteiger partial charge on any atom is -0.352 e. The molecule has 0 radical (unpaired) electrons. The normalized spacial score (nSPS) is 24.3. The Labute approximate surface area is 201 Å². The van der Waals surface area contributed by atoms with Gasteiger partial charge in [-0.1, -0.05) is 37.1 Å². The van der Waals surface area contributed by atoms with E-state index in [9.17, 15) is 19.2 Å². The van der Waals surface area contributed by atoms with Gasteiger partial charge in [0.2, 0.25) is 5.91 Å². The van der Waals surface area contributed by atoms with Gasteiger partial charge in [-0.25, -0.2) is 14.7 Å². The molecule has 9 nitrogen and oxygen atoms in total. The molecule has 2 aromatic heterocycles. The molecule has 3 aliphatic heterocycles. The summed E-state index contributed by atoms with van der Waals surface area (Å²) in [5.41, 5.74) is 0.246. The molecule has 178 valence electrons. The highest BCUT2D eigenvalue weighted by Crippen LogP contribution is 2.46. The number of para-hydroxylation sites is 1. The number of barbiturate groups is 1. The smallest absolute Gasteiger partial charge is 0.335 e. The SMILES string of the molecule is Cc1cccn2c(=O)c3c(nc12)N1CCCCC[C@H]1[C@]1(C3)C(=O)NC(=O)N(c2ccccc2)C1=O. The number of hydrogen-bond acceptors (Lipinski definition) is 6. The number of urea groups is 1. The molecule has 2 saturated heterocycles. The maximum atomic E-state index is 14.2. The van der Waals surface area contributed by atoms with Gasteiger partial charge in [-0.15, -0.1) is 0 Å².